The number of anilines is 1. The van der Waals surface area contributed by atoms with Gasteiger partial charge in [-0.2, -0.15) is 0 Å². The number of carbonyl (C=O) groups excluding carboxylic acids is 1. The molecule has 0 aliphatic heterocycles. The number of para-hydroxylation sites is 1. The molecule has 2 aromatic heterocycles. The fourth-order valence-electron chi connectivity index (χ4n) is 2.88. The Balaban J connectivity index is 1.72. The highest BCUT2D eigenvalue weighted by atomic mass is 32.2. The summed E-state index contributed by atoms with van der Waals surface area (Å²) in [4.78, 5) is 13.6. The van der Waals surface area contributed by atoms with Gasteiger partial charge in [-0.25, -0.2) is 4.39 Å². The van der Waals surface area contributed by atoms with Gasteiger partial charge >= 0.3 is 0 Å². The second kappa shape index (κ2) is 9.71. The van der Waals surface area contributed by atoms with E-state index in [-0.39, 0.29) is 17.3 Å². The molecule has 2 heterocycles. The molecule has 0 saturated heterocycles. The van der Waals surface area contributed by atoms with Crippen molar-refractivity contribution in [3.63, 3.8) is 0 Å². The summed E-state index contributed by atoms with van der Waals surface area (Å²) in [5, 5.41) is 11.8. The van der Waals surface area contributed by atoms with E-state index in [0.717, 1.165) is 36.7 Å². The van der Waals surface area contributed by atoms with Crippen LogP contribution in [0.15, 0.2) is 46.2 Å². The number of nitrogens with one attached hydrogen (secondary N) is 2. The van der Waals surface area contributed by atoms with Crippen molar-refractivity contribution in [2.45, 2.75) is 25.0 Å². The summed E-state index contributed by atoms with van der Waals surface area (Å²) >= 11 is 1.28. The molecule has 0 unspecified atom stereocenters. The lowest BCUT2D eigenvalue weighted by Crippen LogP contribution is -3.05. The van der Waals surface area contributed by atoms with Gasteiger partial charge in [0.25, 0.3) is 0 Å². The van der Waals surface area contributed by atoms with Crippen LogP contribution in [-0.4, -0.2) is 47.1 Å². The summed E-state index contributed by atoms with van der Waals surface area (Å²) < 4.78 is 21.1. The van der Waals surface area contributed by atoms with E-state index in [1.54, 1.807) is 18.4 Å². The highest BCUT2D eigenvalue weighted by Crippen LogP contribution is 2.27. The van der Waals surface area contributed by atoms with E-state index in [4.69, 9.17) is 4.42 Å². The van der Waals surface area contributed by atoms with E-state index in [1.165, 1.54) is 28.8 Å². The number of halogens is 1. The number of benzene rings is 1. The van der Waals surface area contributed by atoms with Crippen molar-refractivity contribution in [2.75, 3.05) is 31.7 Å². The minimum absolute atomic E-state index is 0.107. The Morgan fingerprint density at radius 1 is 1.28 bits per heavy atom. The lowest BCUT2D eigenvalue weighted by Gasteiger charge is -2.11. The third kappa shape index (κ3) is 5.45. The number of furan rings is 1. The van der Waals surface area contributed by atoms with Gasteiger partial charge in [0.1, 0.15) is 11.6 Å². The average Bonchev–Trinajstić information content (AvgIpc) is 3.27. The molecule has 7 nitrogen and oxygen atoms in total. The largest absolute Gasteiger partial charge is 0.469 e. The van der Waals surface area contributed by atoms with Gasteiger partial charge < -0.3 is 19.2 Å². The van der Waals surface area contributed by atoms with Crippen molar-refractivity contribution < 1.29 is 18.5 Å². The predicted molar refractivity (Wildman–Crippen MR) is 111 cm³/mol. The first kappa shape index (κ1) is 21.1. The molecule has 9 heteroatoms. The molecule has 29 heavy (non-hydrogen) atoms. The Labute approximate surface area is 173 Å². The van der Waals surface area contributed by atoms with E-state index in [2.05, 4.69) is 29.6 Å². The lowest BCUT2D eigenvalue weighted by molar-refractivity contribution is -0.858. The number of carbonyl (C=O) groups is 1. The molecule has 0 spiro atoms. The standard InChI is InChI=1S/C20H24FN5O2S/c1-14-15(9-12-28-14)19-23-24-20(26(19)11-6-10-25(2)3)29-13-18(27)22-17-8-5-4-7-16(17)21/h4-5,7-9,12H,6,10-11,13H2,1-3H3,(H,22,27)/p+1. The van der Waals surface area contributed by atoms with Crippen LogP contribution in [0.2, 0.25) is 0 Å². The minimum Gasteiger partial charge on any atom is -0.469 e. The highest BCUT2D eigenvalue weighted by Gasteiger charge is 2.18. The van der Waals surface area contributed by atoms with E-state index < -0.39 is 5.82 Å². The molecule has 0 saturated carbocycles. The number of nitrogens with zero attached hydrogens (tertiary/aromatic N) is 3. The van der Waals surface area contributed by atoms with Crippen molar-refractivity contribution in [3.8, 4) is 11.4 Å². The first-order chi connectivity index (χ1) is 14.0. The maximum absolute atomic E-state index is 13.7. The quantitative estimate of drug-likeness (QED) is 0.521. The Kier molecular flexibility index (Phi) is 7.05. The van der Waals surface area contributed by atoms with E-state index in [1.807, 2.05) is 17.6 Å². The van der Waals surface area contributed by atoms with Gasteiger partial charge in [-0.15, -0.1) is 10.2 Å². The van der Waals surface area contributed by atoms with Crippen molar-refractivity contribution >= 4 is 23.4 Å². The number of quaternary nitrogens is 1. The van der Waals surface area contributed by atoms with E-state index in [0.29, 0.717) is 5.16 Å². The fourth-order valence-corrected chi connectivity index (χ4v) is 3.65. The van der Waals surface area contributed by atoms with Crippen LogP contribution in [-0.2, 0) is 11.3 Å². The number of hydrogen-bond acceptors (Lipinski definition) is 5. The number of hydrogen-bond donors (Lipinski definition) is 2. The van der Waals surface area contributed by atoms with Crippen LogP contribution in [0.1, 0.15) is 12.2 Å². The second-order valence-electron chi connectivity index (χ2n) is 6.98. The monoisotopic (exact) mass is 418 g/mol. The molecule has 3 aromatic rings. The summed E-state index contributed by atoms with van der Waals surface area (Å²) in [6.07, 6.45) is 2.57. The predicted octanol–water partition coefficient (Wildman–Crippen LogP) is 2.25. The van der Waals surface area contributed by atoms with Crippen LogP contribution in [0.3, 0.4) is 0 Å². The molecule has 0 atom stereocenters. The Morgan fingerprint density at radius 2 is 2.07 bits per heavy atom. The molecule has 0 aliphatic carbocycles. The number of amides is 1. The normalized spacial score (nSPS) is 11.2. The zero-order valence-corrected chi connectivity index (χ0v) is 17.6. The molecule has 1 aromatic carbocycles. The third-order valence-electron chi connectivity index (χ3n) is 4.36. The molecule has 0 aliphatic rings. The van der Waals surface area contributed by atoms with Crippen molar-refractivity contribution in [2.24, 2.45) is 0 Å². The van der Waals surface area contributed by atoms with E-state index in [9.17, 15) is 9.18 Å². The SMILES string of the molecule is Cc1occc1-c1nnc(SCC(=O)Nc2ccccc2F)n1CCC[NH+](C)C. The summed E-state index contributed by atoms with van der Waals surface area (Å²) in [5.41, 5.74) is 1.06. The van der Waals surface area contributed by atoms with Gasteiger partial charge in [-0.1, -0.05) is 23.9 Å². The Morgan fingerprint density at radius 3 is 2.76 bits per heavy atom. The highest BCUT2D eigenvalue weighted by molar-refractivity contribution is 7.99. The Bertz CT molecular complexity index is 969. The third-order valence-corrected chi connectivity index (χ3v) is 5.32. The average molecular weight is 419 g/mol. The van der Waals surface area contributed by atoms with Crippen LogP contribution in [0, 0.1) is 12.7 Å². The van der Waals surface area contributed by atoms with Gasteiger partial charge in [-0.05, 0) is 25.1 Å². The van der Waals surface area contributed by atoms with Crippen LogP contribution in [0.5, 0.6) is 0 Å². The van der Waals surface area contributed by atoms with Crippen LogP contribution in [0.25, 0.3) is 11.4 Å². The smallest absolute Gasteiger partial charge is 0.234 e. The van der Waals surface area contributed by atoms with Crippen LogP contribution in [0.4, 0.5) is 10.1 Å². The molecular weight excluding hydrogens is 393 g/mol. The second-order valence-corrected chi connectivity index (χ2v) is 7.92. The summed E-state index contributed by atoms with van der Waals surface area (Å²) in [6.45, 7) is 3.61. The zero-order chi connectivity index (χ0) is 20.8. The van der Waals surface area contributed by atoms with Gasteiger partial charge in [0.2, 0.25) is 5.91 Å². The Hall–Kier alpha value is -2.65. The molecule has 154 valence electrons. The molecule has 1 amide bonds. The van der Waals surface area contributed by atoms with Gasteiger partial charge in [-0.3, -0.25) is 4.79 Å². The fraction of sp³-hybridized carbons (Fsp3) is 0.350. The molecule has 3 rings (SSSR count). The molecular formula is C20H25FN5O2S+. The molecule has 0 radical (unpaired) electrons. The van der Waals surface area contributed by atoms with Gasteiger partial charge in [0, 0.05) is 13.0 Å². The lowest BCUT2D eigenvalue weighted by atomic mass is 10.2. The van der Waals surface area contributed by atoms with Crippen molar-refractivity contribution in [3.05, 3.63) is 48.2 Å². The van der Waals surface area contributed by atoms with Gasteiger partial charge in [0.15, 0.2) is 11.0 Å². The topological polar surface area (TPSA) is 77.4 Å². The first-order valence-corrected chi connectivity index (χ1v) is 10.4. The summed E-state index contributed by atoms with van der Waals surface area (Å²) in [7, 11) is 4.21. The summed E-state index contributed by atoms with van der Waals surface area (Å²) in [6, 6.07) is 7.97. The number of aryl methyl sites for hydroxylation is 1. The molecule has 2 N–H and O–H groups in total. The minimum atomic E-state index is -0.460. The van der Waals surface area contributed by atoms with Crippen LogP contribution >= 0.6 is 11.8 Å². The zero-order valence-electron chi connectivity index (χ0n) is 16.7. The number of aromatic nitrogens is 3. The van der Waals surface area contributed by atoms with E-state index >= 15 is 0 Å². The molecule has 0 bridgehead atoms. The van der Waals surface area contributed by atoms with Crippen molar-refractivity contribution in [1.29, 1.82) is 0 Å². The maximum atomic E-state index is 13.7. The number of rotatable bonds is 9. The molecule has 0 fully saturated rings. The first-order valence-electron chi connectivity index (χ1n) is 9.39. The summed E-state index contributed by atoms with van der Waals surface area (Å²) in [5.74, 6) is 0.842. The number of thioether (sulfide) groups is 1. The van der Waals surface area contributed by atoms with Crippen LogP contribution < -0.4 is 10.2 Å². The van der Waals surface area contributed by atoms with Gasteiger partial charge in [0.05, 0.1) is 43.9 Å². The van der Waals surface area contributed by atoms with Crippen molar-refractivity contribution in [1.82, 2.24) is 14.8 Å². The maximum Gasteiger partial charge on any atom is 0.234 e.